The van der Waals surface area contributed by atoms with Crippen molar-refractivity contribution in [3.8, 4) is 11.5 Å². The molecule has 1 saturated heterocycles. The summed E-state index contributed by atoms with van der Waals surface area (Å²) in [6.07, 6.45) is 3.26. The summed E-state index contributed by atoms with van der Waals surface area (Å²) in [7, 11) is 0. The summed E-state index contributed by atoms with van der Waals surface area (Å²) in [6.45, 7) is 6.15. The van der Waals surface area contributed by atoms with Crippen LogP contribution in [0.25, 0.3) is 0 Å². The largest absolute Gasteiger partial charge is 0.486 e. The summed E-state index contributed by atoms with van der Waals surface area (Å²) in [5.41, 5.74) is 1.28. The van der Waals surface area contributed by atoms with Crippen molar-refractivity contribution in [2.45, 2.75) is 30.8 Å². The fourth-order valence-electron chi connectivity index (χ4n) is 2.83. The first kappa shape index (κ1) is 15.0. The minimum atomic E-state index is 0.468. The maximum Gasteiger partial charge on any atom is 0.162 e. The lowest BCUT2D eigenvalue weighted by atomic mass is 10.0. The van der Waals surface area contributed by atoms with Crippen LogP contribution in [0.1, 0.15) is 18.9 Å². The van der Waals surface area contributed by atoms with Crippen LogP contribution in [0.4, 0.5) is 0 Å². The van der Waals surface area contributed by atoms with E-state index in [9.17, 15) is 0 Å². The van der Waals surface area contributed by atoms with Crippen LogP contribution in [0.5, 0.6) is 11.5 Å². The van der Waals surface area contributed by atoms with Gasteiger partial charge in [-0.2, -0.15) is 0 Å². The zero-order valence-electron chi connectivity index (χ0n) is 12.7. The van der Waals surface area contributed by atoms with Crippen molar-refractivity contribution in [3.63, 3.8) is 0 Å². The fraction of sp³-hybridized carbons (Fsp3) is 0.625. The smallest absolute Gasteiger partial charge is 0.162 e. The lowest BCUT2D eigenvalue weighted by Crippen LogP contribution is -2.33. The minimum Gasteiger partial charge on any atom is -0.486 e. The first-order chi connectivity index (χ1) is 10.3. The van der Waals surface area contributed by atoms with E-state index in [0.717, 1.165) is 37.7 Å². The number of hydrogen-bond acceptors (Lipinski definition) is 5. The molecule has 116 valence electrons. The van der Waals surface area contributed by atoms with E-state index in [0.29, 0.717) is 25.2 Å². The standard InChI is InChI=1S/C16H23NO3S/c1-11(12-3-4-18-10-12)17-9-13-7-14-15(8-16(13)21-2)20-6-5-19-14/h7-8,11-12,17H,3-6,9-10H2,1-2H3. The second-order valence-electron chi connectivity index (χ2n) is 5.60. The Balaban J connectivity index is 1.68. The zero-order valence-corrected chi connectivity index (χ0v) is 13.5. The molecule has 0 bridgehead atoms. The molecule has 2 atom stereocenters. The molecule has 2 aliphatic rings. The summed E-state index contributed by atoms with van der Waals surface area (Å²) < 4.78 is 16.8. The lowest BCUT2D eigenvalue weighted by molar-refractivity contribution is 0.170. The normalized spacial score (nSPS) is 22.3. The zero-order chi connectivity index (χ0) is 14.7. The molecule has 2 unspecified atom stereocenters. The van der Waals surface area contributed by atoms with Gasteiger partial charge in [0.1, 0.15) is 13.2 Å². The van der Waals surface area contributed by atoms with Gasteiger partial charge < -0.3 is 19.5 Å². The monoisotopic (exact) mass is 309 g/mol. The molecule has 4 nitrogen and oxygen atoms in total. The Morgan fingerprint density at radius 1 is 1.24 bits per heavy atom. The molecule has 0 saturated carbocycles. The van der Waals surface area contributed by atoms with Crippen molar-refractivity contribution in [3.05, 3.63) is 17.7 Å². The Morgan fingerprint density at radius 3 is 2.67 bits per heavy atom. The molecule has 2 heterocycles. The van der Waals surface area contributed by atoms with Crippen LogP contribution in [-0.4, -0.2) is 38.7 Å². The van der Waals surface area contributed by atoms with E-state index in [-0.39, 0.29) is 0 Å². The molecule has 1 aromatic carbocycles. The number of ether oxygens (including phenoxy) is 3. The highest BCUT2D eigenvalue weighted by atomic mass is 32.2. The van der Waals surface area contributed by atoms with Crippen LogP contribution in [-0.2, 0) is 11.3 Å². The van der Waals surface area contributed by atoms with Crippen molar-refractivity contribution in [1.82, 2.24) is 5.32 Å². The van der Waals surface area contributed by atoms with Gasteiger partial charge in [0.05, 0.1) is 6.61 Å². The van der Waals surface area contributed by atoms with Gasteiger partial charge in [0, 0.05) is 24.1 Å². The van der Waals surface area contributed by atoms with E-state index in [1.165, 1.54) is 10.5 Å². The first-order valence-electron chi connectivity index (χ1n) is 7.55. The number of thioether (sulfide) groups is 1. The Bertz CT molecular complexity index is 489. The first-order valence-corrected chi connectivity index (χ1v) is 8.78. The molecule has 21 heavy (non-hydrogen) atoms. The quantitative estimate of drug-likeness (QED) is 0.847. The van der Waals surface area contributed by atoms with E-state index in [1.54, 1.807) is 11.8 Å². The molecule has 0 aliphatic carbocycles. The maximum absolute atomic E-state index is 5.69. The van der Waals surface area contributed by atoms with Crippen LogP contribution < -0.4 is 14.8 Å². The molecule has 1 aromatic rings. The second-order valence-corrected chi connectivity index (χ2v) is 6.45. The molecule has 0 spiro atoms. The third-order valence-electron chi connectivity index (χ3n) is 4.23. The predicted molar refractivity (Wildman–Crippen MR) is 84.4 cm³/mol. The van der Waals surface area contributed by atoms with Crippen molar-refractivity contribution >= 4 is 11.8 Å². The molecule has 0 amide bonds. The summed E-state index contributed by atoms with van der Waals surface area (Å²) in [6, 6.07) is 4.68. The van der Waals surface area contributed by atoms with Crippen LogP contribution in [0.2, 0.25) is 0 Å². The molecule has 2 aliphatic heterocycles. The highest BCUT2D eigenvalue weighted by molar-refractivity contribution is 7.98. The van der Waals surface area contributed by atoms with Crippen molar-refractivity contribution < 1.29 is 14.2 Å². The summed E-state index contributed by atoms with van der Waals surface area (Å²) >= 11 is 1.75. The van der Waals surface area contributed by atoms with E-state index < -0.39 is 0 Å². The molecule has 5 heteroatoms. The lowest BCUT2D eigenvalue weighted by Gasteiger charge is -2.23. The van der Waals surface area contributed by atoms with E-state index >= 15 is 0 Å². The van der Waals surface area contributed by atoms with Gasteiger partial charge in [-0.25, -0.2) is 0 Å². The summed E-state index contributed by atoms with van der Waals surface area (Å²) in [5.74, 6) is 2.36. The average Bonchev–Trinajstić information content (AvgIpc) is 3.06. The van der Waals surface area contributed by atoms with E-state index in [2.05, 4.69) is 30.6 Å². The number of hydrogen-bond donors (Lipinski definition) is 1. The third kappa shape index (κ3) is 3.47. The van der Waals surface area contributed by atoms with Gasteiger partial charge in [-0.3, -0.25) is 0 Å². The topological polar surface area (TPSA) is 39.7 Å². The van der Waals surface area contributed by atoms with Crippen molar-refractivity contribution in [2.75, 3.05) is 32.7 Å². The number of fused-ring (bicyclic) bond motifs is 1. The molecule has 0 radical (unpaired) electrons. The molecule has 1 N–H and O–H groups in total. The van der Waals surface area contributed by atoms with Crippen molar-refractivity contribution in [2.24, 2.45) is 5.92 Å². The van der Waals surface area contributed by atoms with Gasteiger partial charge in [0.15, 0.2) is 11.5 Å². The van der Waals surface area contributed by atoms with Crippen LogP contribution >= 0.6 is 11.8 Å². The highest BCUT2D eigenvalue weighted by Gasteiger charge is 2.22. The maximum atomic E-state index is 5.69. The molecular formula is C16H23NO3S. The Labute approximate surface area is 130 Å². The van der Waals surface area contributed by atoms with Gasteiger partial charge in [0.2, 0.25) is 0 Å². The Hall–Kier alpha value is -0.910. The minimum absolute atomic E-state index is 0.468. The van der Waals surface area contributed by atoms with Crippen LogP contribution in [0.3, 0.4) is 0 Å². The second kappa shape index (κ2) is 6.90. The number of rotatable bonds is 5. The predicted octanol–water partition coefficient (Wildman–Crippen LogP) is 2.69. The fourth-order valence-corrected chi connectivity index (χ4v) is 3.44. The van der Waals surface area contributed by atoms with Gasteiger partial charge in [0.25, 0.3) is 0 Å². The highest BCUT2D eigenvalue weighted by Crippen LogP contribution is 2.36. The summed E-state index contributed by atoms with van der Waals surface area (Å²) in [5, 5.41) is 3.63. The Kier molecular flexibility index (Phi) is 4.93. The van der Waals surface area contributed by atoms with E-state index in [4.69, 9.17) is 14.2 Å². The van der Waals surface area contributed by atoms with E-state index in [1.807, 2.05) is 0 Å². The van der Waals surface area contributed by atoms with Gasteiger partial charge in [-0.1, -0.05) is 0 Å². The summed E-state index contributed by atoms with van der Waals surface area (Å²) in [4.78, 5) is 1.25. The van der Waals surface area contributed by atoms with Crippen LogP contribution in [0, 0.1) is 5.92 Å². The van der Waals surface area contributed by atoms with Gasteiger partial charge >= 0.3 is 0 Å². The third-order valence-corrected chi connectivity index (χ3v) is 5.05. The van der Waals surface area contributed by atoms with Crippen LogP contribution in [0.15, 0.2) is 17.0 Å². The SMILES string of the molecule is CSc1cc2c(cc1CNC(C)C1CCOC1)OCCO2. The average molecular weight is 309 g/mol. The Morgan fingerprint density at radius 2 is 2.00 bits per heavy atom. The molecule has 0 aromatic heterocycles. The van der Waals surface area contributed by atoms with Gasteiger partial charge in [-0.05, 0) is 43.2 Å². The molecular weight excluding hydrogens is 286 g/mol. The van der Waals surface area contributed by atoms with Gasteiger partial charge in [-0.15, -0.1) is 11.8 Å². The molecule has 1 fully saturated rings. The molecule has 3 rings (SSSR count). The number of nitrogens with one attached hydrogen (secondary N) is 1. The van der Waals surface area contributed by atoms with Crippen molar-refractivity contribution in [1.29, 1.82) is 0 Å². The number of benzene rings is 1.